The fourth-order valence-corrected chi connectivity index (χ4v) is 4.93. The molecule has 152 valence electrons. The van der Waals surface area contributed by atoms with E-state index in [-0.39, 0.29) is 11.6 Å². The standard InChI is InChI=1S/C22H24N2O4S/c1-14(2)17-4-3-5-18-19(21(22(25)26)23-20(17)18)15-6-8-16(9-7-15)29(27)24-10-12-28-13-11-24/h3-9,14,23H,10-13H2,1-2H3,(H,25,26). The summed E-state index contributed by atoms with van der Waals surface area (Å²) >= 11 is -1.25. The van der Waals surface area contributed by atoms with E-state index in [4.69, 9.17) is 4.74 Å². The molecule has 3 aromatic rings. The van der Waals surface area contributed by atoms with Gasteiger partial charge in [0.15, 0.2) is 4.90 Å². The molecule has 0 bridgehead atoms. The minimum Gasteiger partial charge on any atom is -0.593 e. The number of morpholine rings is 1. The lowest BCUT2D eigenvalue weighted by atomic mass is 9.97. The highest BCUT2D eigenvalue weighted by Gasteiger charge is 2.26. The number of carboxylic acids is 1. The third kappa shape index (κ3) is 3.79. The number of aromatic carboxylic acids is 1. The van der Waals surface area contributed by atoms with Gasteiger partial charge in [0.1, 0.15) is 5.69 Å². The molecule has 1 unspecified atom stereocenters. The number of nitrogens with zero attached hydrogens (tertiary/aromatic N) is 1. The van der Waals surface area contributed by atoms with Gasteiger partial charge in [-0.2, -0.15) is 0 Å². The number of benzene rings is 2. The van der Waals surface area contributed by atoms with Crippen LogP contribution in [0.4, 0.5) is 0 Å². The Morgan fingerprint density at radius 3 is 2.48 bits per heavy atom. The first-order valence-electron chi connectivity index (χ1n) is 9.70. The normalized spacial score (nSPS) is 16.4. The maximum Gasteiger partial charge on any atom is 0.352 e. The first kappa shape index (κ1) is 20.0. The van der Waals surface area contributed by atoms with E-state index < -0.39 is 17.3 Å². The lowest BCUT2D eigenvalue weighted by molar-refractivity contribution is 0.0692. The molecule has 4 rings (SSSR count). The van der Waals surface area contributed by atoms with Crippen molar-refractivity contribution in [3.63, 3.8) is 0 Å². The molecule has 0 saturated carbocycles. The molecule has 0 amide bonds. The van der Waals surface area contributed by atoms with E-state index in [0.717, 1.165) is 22.0 Å². The number of rotatable bonds is 5. The number of para-hydroxylation sites is 1. The van der Waals surface area contributed by atoms with Gasteiger partial charge in [-0.1, -0.05) is 32.0 Å². The van der Waals surface area contributed by atoms with Crippen molar-refractivity contribution in [3.05, 3.63) is 53.7 Å². The van der Waals surface area contributed by atoms with Gasteiger partial charge in [-0.15, -0.1) is 4.31 Å². The average molecular weight is 413 g/mol. The first-order chi connectivity index (χ1) is 14.0. The van der Waals surface area contributed by atoms with Crippen molar-refractivity contribution in [1.82, 2.24) is 9.29 Å². The molecule has 6 nitrogen and oxygen atoms in total. The summed E-state index contributed by atoms with van der Waals surface area (Å²) in [5.41, 5.74) is 3.57. The summed E-state index contributed by atoms with van der Waals surface area (Å²) in [6, 6.07) is 13.3. The largest absolute Gasteiger partial charge is 0.593 e. The highest BCUT2D eigenvalue weighted by Crippen LogP contribution is 2.36. The van der Waals surface area contributed by atoms with Gasteiger partial charge in [0, 0.05) is 10.9 Å². The van der Waals surface area contributed by atoms with Crippen LogP contribution in [0.15, 0.2) is 47.4 Å². The van der Waals surface area contributed by atoms with E-state index in [1.165, 1.54) is 0 Å². The van der Waals surface area contributed by atoms with Crippen molar-refractivity contribution in [2.75, 3.05) is 26.3 Å². The number of carbonyl (C=O) groups is 1. The smallest absolute Gasteiger partial charge is 0.352 e. The van der Waals surface area contributed by atoms with Crippen LogP contribution in [0.3, 0.4) is 0 Å². The number of aromatic nitrogens is 1. The summed E-state index contributed by atoms with van der Waals surface area (Å²) in [5, 5.41) is 10.7. The Morgan fingerprint density at radius 1 is 1.17 bits per heavy atom. The molecule has 1 atom stereocenters. The molecule has 1 saturated heterocycles. The maximum atomic E-state index is 12.8. The van der Waals surface area contributed by atoms with E-state index in [9.17, 15) is 14.5 Å². The summed E-state index contributed by atoms with van der Waals surface area (Å²) in [6.07, 6.45) is 0. The van der Waals surface area contributed by atoms with Crippen molar-refractivity contribution in [2.45, 2.75) is 24.7 Å². The predicted octanol–water partition coefficient (Wildman–Crippen LogP) is 4.01. The fourth-order valence-electron chi connectivity index (χ4n) is 3.78. The molecular weight excluding hydrogens is 388 g/mol. The highest BCUT2D eigenvalue weighted by atomic mass is 32.2. The molecule has 1 fully saturated rings. The summed E-state index contributed by atoms with van der Waals surface area (Å²) in [4.78, 5) is 15.8. The lowest BCUT2D eigenvalue weighted by Crippen LogP contribution is -2.40. The van der Waals surface area contributed by atoms with Gasteiger partial charge in [0.05, 0.1) is 43.2 Å². The molecular formula is C22H24N2O4S. The van der Waals surface area contributed by atoms with Crippen LogP contribution in [-0.2, 0) is 16.1 Å². The molecule has 0 radical (unpaired) electrons. The average Bonchev–Trinajstić information content (AvgIpc) is 3.14. The van der Waals surface area contributed by atoms with Gasteiger partial charge in [-0.25, -0.2) is 4.79 Å². The Bertz CT molecular complexity index is 1020. The number of fused-ring (bicyclic) bond motifs is 1. The molecule has 0 aliphatic carbocycles. The lowest BCUT2D eigenvalue weighted by Gasteiger charge is -2.27. The topological polar surface area (TPSA) is 88.6 Å². The van der Waals surface area contributed by atoms with Crippen LogP contribution in [0, 0.1) is 0 Å². The number of nitrogens with one attached hydrogen (secondary N) is 1. The van der Waals surface area contributed by atoms with Gasteiger partial charge in [0.2, 0.25) is 0 Å². The summed E-state index contributed by atoms with van der Waals surface area (Å²) in [6.45, 7) is 6.62. The minimum atomic E-state index is -1.25. The summed E-state index contributed by atoms with van der Waals surface area (Å²) in [7, 11) is 0. The van der Waals surface area contributed by atoms with Crippen LogP contribution in [0.25, 0.3) is 22.0 Å². The van der Waals surface area contributed by atoms with Crippen molar-refractivity contribution in [1.29, 1.82) is 0 Å². The third-order valence-electron chi connectivity index (χ3n) is 5.25. The Kier molecular flexibility index (Phi) is 5.65. The SMILES string of the molecule is CC(C)c1cccc2c(-c3ccc([S+]([O-])N4CCOCC4)cc3)c(C(=O)O)[nH]c12. The third-order valence-corrected chi connectivity index (χ3v) is 6.76. The predicted molar refractivity (Wildman–Crippen MR) is 114 cm³/mol. The molecule has 7 heteroatoms. The Morgan fingerprint density at radius 2 is 1.86 bits per heavy atom. The van der Waals surface area contributed by atoms with E-state index in [0.29, 0.717) is 36.8 Å². The first-order valence-corrected chi connectivity index (χ1v) is 10.8. The van der Waals surface area contributed by atoms with Crippen LogP contribution >= 0.6 is 0 Å². The second-order valence-corrected chi connectivity index (χ2v) is 8.91. The molecule has 29 heavy (non-hydrogen) atoms. The van der Waals surface area contributed by atoms with Crippen LogP contribution < -0.4 is 0 Å². The van der Waals surface area contributed by atoms with Crippen LogP contribution in [0.1, 0.15) is 35.8 Å². The van der Waals surface area contributed by atoms with Crippen LogP contribution in [-0.4, -0.2) is 51.2 Å². The Hall–Kier alpha value is -2.32. The summed E-state index contributed by atoms with van der Waals surface area (Å²) < 4.78 is 20.0. The number of hydrogen-bond acceptors (Lipinski definition) is 4. The van der Waals surface area contributed by atoms with Crippen molar-refractivity contribution < 1.29 is 19.2 Å². The molecule has 2 N–H and O–H groups in total. The van der Waals surface area contributed by atoms with Crippen LogP contribution in [0.2, 0.25) is 0 Å². The number of ether oxygens (including phenoxy) is 1. The molecule has 2 aromatic carbocycles. The zero-order valence-electron chi connectivity index (χ0n) is 16.5. The van der Waals surface area contributed by atoms with Gasteiger partial charge in [0.25, 0.3) is 0 Å². The molecule has 2 heterocycles. The van der Waals surface area contributed by atoms with Gasteiger partial charge >= 0.3 is 5.97 Å². The van der Waals surface area contributed by atoms with Crippen molar-refractivity contribution in [3.8, 4) is 11.1 Å². The zero-order valence-corrected chi connectivity index (χ0v) is 17.3. The van der Waals surface area contributed by atoms with Crippen molar-refractivity contribution >= 4 is 28.2 Å². The van der Waals surface area contributed by atoms with Gasteiger partial charge in [-0.3, -0.25) is 0 Å². The quantitative estimate of drug-likeness (QED) is 0.618. The monoisotopic (exact) mass is 412 g/mol. The molecule has 1 aliphatic rings. The van der Waals surface area contributed by atoms with Gasteiger partial charge < -0.3 is 19.4 Å². The zero-order chi connectivity index (χ0) is 20.5. The van der Waals surface area contributed by atoms with E-state index in [1.54, 1.807) is 0 Å². The van der Waals surface area contributed by atoms with Gasteiger partial charge in [-0.05, 0) is 41.3 Å². The van der Waals surface area contributed by atoms with Crippen molar-refractivity contribution in [2.24, 2.45) is 0 Å². The fraction of sp³-hybridized carbons (Fsp3) is 0.318. The molecule has 1 aliphatic heterocycles. The van der Waals surface area contributed by atoms with E-state index in [1.807, 2.05) is 46.8 Å². The number of aromatic amines is 1. The second kappa shape index (κ2) is 8.20. The van der Waals surface area contributed by atoms with Crippen LogP contribution in [0.5, 0.6) is 0 Å². The maximum absolute atomic E-state index is 12.8. The Labute approximate surface area is 172 Å². The summed E-state index contributed by atoms with van der Waals surface area (Å²) in [5.74, 6) is -0.725. The highest BCUT2D eigenvalue weighted by molar-refractivity contribution is 7.89. The Balaban J connectivity index is 1.75. The minimum absolute atomic E-state index is 0.176. The van der Waals surface area contributed by atoms with E-state index in [2.05, 4.69) is 18.8 Å². The molecule has 0 spiro atoms. The second-order valence-electron chi connectivity index (χ2n) is 7.42. The number of hydrogen-bond donors (Lipinski definition) is 2. The number of H-pyrrole nitrogens is 1. The number of carboxylic acid groups (broad SMARTS) is 1. The van der Waals surface area contributed by atoms with E-state index >= 15 is 0 Å². The molecule has 1 aromatic heterocycles.